The van der Waals surface area contributed by atoms with Gasteiger partial charge in [0.1, 0.15) is 5.02 Å². The van der Waals surface area contributed by atoms with Crippen LogP contribution in [0.15, 0.2) is 12.3 Å². The van der Waals surface area contributed by atoms with Gasteiger partial charge in [-0.3, -0.25) is 0 Å². The van der Waals surface area contributed by atoms with Gasteiger partial charge < -0.3 is 4.74 Å². The molecule has 66 valence electrons. The van der Waals surface area contributed by atoms with Crippen LogP contribution in [-0.2, 0) is 0 Å². The van der Waals surface area contributed by atoms with Gasteiger partial charge in [-0.2, -0.15) is 0 Å². The molecule has 0 unspecified atom stereocenters. The average Bonchev–Trinajstić information content (AvgIpc) is 2.04. The summed E-state index contributed by atoms with van der Waals surface area (Å²) in [7, 11) is 1.57. The third-order valence-electron chi connectivity index (χ3n) is 1.70. The summed E-state index contributed by atoms with van der Waals surface area (Å²) < 4.78 is 4.99. The Morgan fingerprint density at radius 3 is 2.67 bits per heavy atom. The normalized spacial score (nSPS) is 10.4. The number of nitrogens with zero attached hydrogens (tertiary/aromatic N) is 1. The third-order valence-corrected chi connectivity index (χ3v) is 2.08. The minimum Gasteiger partial charge on any atom is -0.480 e. The molecule has 0 aliphatic rings. The fraction of sp³-hybridized carbons (Fsp3) is 0.444. The molecule has 0 atom stereocenters. The fourth-order valence-corrected chi connectivity index (χ4v) is 1.43. The fourth-order valence-electron chi connectivity index (χ4n) is 1.03. The second-order valence-corrected chi connectivity index (χ2v) is 3.26. The average molecular weight is 186 g/mol. The van der Waals surface area contributed by atoms with Gasteiger partial charge in [0.15, 0.2) is 0 Å². The standard InChI is InChI=1S/C9H12ClNO/c1-6(2)7-4-5-11-9(12-3)8(7)10/h4-6H,1-3H3. The molecule has 1 rings (SSSR count). The molecular formula is C9H12ClNO. The first-order chi connectivity index (χ1) is 5.66. The van der Waals surface area contributed by atoms with Crippen molar-refractivity contribution in [2.24, 2.45) is 0 Å². The summed E-state index contributed by atoms with van der Waals surface area (Å²) in [5.74, 6) is 0.900. The number of hydrogen-bond donors (Lipinski definition) is 0. The van der Waals surface area contributed by atoms with Gasteiger partial charge in [0.2, 0.25) is 5.88 Å². The second-order valence-electron chi connectivity index (χ2n) is 2.88. The SMILES string of the molecule is COc1nccc(C(C)C)c1Cl. The number of aromatic nitrogens is 1. The Bertz CT molecular complexity index is 273. The highest BCUT2D eigenvalue weighted by Gasteiger charge is 2.09. The van der Waals surface area contributed by atoms with Crippen molar-refractivity contribution in [1.82, 2.24) is 4.98 Å². The van der Waals surface area contributed by atoms with Crippen LogP contribution >= 0.6 is 11.6 Å². The number of pyridine rings is 1. The molecule has 0 saturated carbocycles. The van der Waals surface area contributed by atoms with E-state index >= 15 is 0 Å². The van der Waals surface area contributed by atoms with E-state index in [1.807, 2.05) is 6.07 Å². The van der Waals surface area contributed by atoms with Crippen LogP contribution in [0.4, 0.5) is 0 Å². The molecule has 0 saturated heterocycles. The number of methoxy groups -OCH3 is 1. The maximum absolute atomic E-state index is 6.02. The molecule has 0 spiro atoms. The van der Waals surface area contributed by atoms with Crippen LogP contribution in [0.5, 0.6) is 5.88 Å². The topological polar surface area (TPSA) is 22.1 Å². The van der Waals surface area contributed by atoms with Crippen LogP contribution in [0.3, 0.4) is 0 Å². The first-order valence-electron chi connectivity index (χ1n) is 3.85. The number of hydrogen-bond acceptors (Lipinski definition) is 2. The zero-order valence-corrected chi connectivity index (χ0v) is 8.22. The van der Waals surface area contributed by atoms with Gasteiger partial charge in [-0.1, -0.05) is 25.4 Å². The van der Waals surface area contributed by atoms with E-state index in [4.69, 9.17) is 16.3 Å². The summed E-state index contributed by atoms with van der Waals surface area (Å²) in [5.41, 5.74) is 1.07. The summed E-state index contributed by atoms with van der Waals surface area (Å²) in [4.78, 5) is 3.99. The van der Waals surface area contributed by atoms with Crippen molar-refractivity contribution in [3.8, 4) is 5.88 Å². The van der Waals surface area contributed by atoms with Crippen LogP contribution in [0, 0.1) is 0 Å². The van der Waals surface area contributed by atoms with Crippen LogP contribution in [0.2, 0.25) is 5.02 Å². The maximum Gasteiger partial charge on any atom is 0.232 e. The molecule has 1 aromatic heterocycles. The number of ether oxygens (including phenoxy) is 1. The molecule has 0 aliphatic carbocycles. The summed E-state index contributed by atoms with van der Waals surface area (Å²) >= 11 is 6.02. The van der Waals surface area contributed by atoms with E-state index in [1.54, 1.807) is 13.3 Å². The van der Waals surface area contributed by atoms with Crippen molar-refractivity contribution in [1.29, 1.82) is 0 Å². The zero-order chi connectivity index (χ0) is 9.14. The quantitative estimate of drug-likeness (QED) is 0.707. The van der Waals surface area contributed by atoms with Gasteiger partial charge in [0.25, 0.3) is 0 Å². The Kier molecular flexibility index (Phi) is 2.93. The van der Waals surface area contributed by atoms with Crippen LogP contribution in [0.25, 0.3) is 0 Å². The Hall–Kier alpha value is -0.760. The first kappa shape index (κ1) is 9.33. The van der Waals surface area contributed by atoms with E-state index in [0.717, 1.165) is 5.56 Å². The Morgan fingerprint density at radius 1 is 1.50 bits per heavy atom. The molecule has 0 aliphatic heterocycles. The van der Waals surface area contributed by atoms with Crippen molar-refractivity contribution in [2.45, 2.75) is 19.8 Å². The van der Waals surface area contributed by atoms with Gasteiger partial charge >= 0.3 is 0 Å². The Labute approximate surface area is 77.5 Å². The molecule has 3 heteroatoms. The van der Waals surface area contributed by atoms with E-state index < -0.39 is 0 Å². The number of rotatable bonds is 2. The van der Waals surface area contributed by atoms with Crippen molar-refractivity contribution in [2.75, 3.05) is 7.11 Å². The second kappa shape index (κ2) is 3.76. The van der Waals surface area contributed by atoms with E-state index in [-0.39, 0.29) is 0 Å². The molecule has 0 aromatic carbocycles. The lowest BCUT2D eigenvalue weighted by Gasteiger charge is -2.09. The van der Waals surface area contributed by atoms with Gasteiger partial charge in [-0.25, -0.2) is 4.98 Å². The molecule has 2 nitrogen and oxygen atoms in total. The molecular weight excluding hydrogens is 174 g/mol. The van der Waals surface area contributed by atoms with Crippen molar-refractivity contribution in [3.63, 3.8) is 0 Å². The van der Waals surface area contributed by atoms with Crippen LogP contribution < -0.4 is 4.74 Å². The minimum absolute atomic E-state index is 0.398. The first-order valence-corrected chi connectivity index (χ1v) is 4.23. The monoisotopic (exact) mass is 185 g/mol. The summed E-state index contributed by atoms with van der Waals surface area (Å²) in [6.07, 6.45) is 1.71. The molecule has 0 fully saturated rings. The molecule has 1 heterocycles. The largest absolute Gasteiger partial charge is 0.480 e. The van der Waals surface area contributed by atoms with Crippen molar-refractivity contribution in [3.05, 3.63) is 22.8 Å². The van der Waals surface area contributed by atoms with Crippen LogP contribution in [0.1, 0.15) is 25.3 Å². The lowest BCUT2D eigenvalue weighted by molar-refractivity contribution is 0.397. The molecule has 0 N–H and O–H groups in total. The molecule has 0 amide bonds. The Balaban J connectivity index is 3.14. The van der Waals surface area contributed by atoms with Crippen molar-refractivity contribution < 1.29 is 4.74 Å². The summed E-state index contributed by atoms with van der Waals surface area (Å²) in [6.45, 7) is 4.17. The molecule has 1 aromatic rings. The summed E-state index contributed by atoms with van der Waals surface area (Å²) in [6, 6.07) is 1.91. The third kappa shape index (κ3) is 1.69. The molecule has 0 radical (unpaired) electrons. The predicted molar refractivity (Wildman–Crippen MR) is 49.9 cm³/mol. The highest BCUT2D eigenvalue weighted by Crippen LogP contribution is 2.30. The van der Waals surface area contributed by atoms with E-state index in [0.29, 0.717) is 16.8 Å². The highest BCUT2D eigenvalue weighted by molar-refractivity contribution is 6.32. The lowest BCUT2D eigenvalue weighted by Crippen LogP contribution is -1.94. The highest BCUT2D eigenvalue weighted by atomic mass is 35.5. The van der Waals surface area contributed by atoms with E-state index in [1.165, 1.54) is 0 Å². The minimum atomic E-state index is 0.398. The van der Waals surface area contributed by atoms with Gasteiger partial charge in [0, 0.05) is 6.20 Å². The zero-order valence-electron chi connectivity index (χ0n) is 7.47. The predicted octanol–water partition coefficient (Wildman–Crippen LogP) is 2.87. The van der Waals surface area contributed by atoms with Gasteiger partial charge in [-0.15, -0.1) is 0 Å². The van der Waals surface area contributed by atoms with Crippen LogP contribution in [-0.4, -0.2) is 12.1 Å². The van der Waals surface area contributed by atoms with E-state index in [2.05, 4.69) is 18.8 Å². The summed E-state index contributed by atoms with van der Waals surface area (Å²) in [5, 5.41) is 0.620. The Morgan fingerprint density at radius 2 is 2.17 bits per heavy atom. The van der Waals surface area contributed by atoms with E-state index in [9.17, 15) is 0 Å². The van der Waals surface area contributed by atoms with Gasteiger partial charge in [0.05, 0.1) is 7.11 Å². The van der Waals surface area contributed by atoms with Crippen molar-refractivity contribution >= 4 is 11.6 Å². The lowest BCUT2D eigenvalue weighted by atomic mass is 10.1. The maximum atomic E-state index is 6.02. The smallest absolute Gasteiger partial charge is 0.232 e. The number of halogens is 1. The molecule has 0 bridgehead atoms. The van der Waals surface area contributed by atoms with Gasteiger partial charge in [-0.05, 0) is 17.5 Å². The molecule has 12 heavy (non-hydrogen) atoms.